The second-order valence-corrected chi connectivity index (χ2v) is 7.67. The SMILES string of the molecule is CCCC(C)(C)OCCC(C)(C)NCC(=O)CN(C)C(=O)CCN. The van der Waals surface area contributed by atoms with E-state index in [0.29, 0.717) is 13.2 Å². The van der Waals surface area contributed by atoms with E-state index >= 15 is 0 Å². The molecule has 3 N–H and O–H groups in total. The number of ketones is 1. The molecule has 0 aliphatic carbocycles. The quantitative estimate of drug-likeness (QED) is 0.532. The molecule has 0 radical (unpaired) electrons. The molecule has 0 aromatic carbocycles. The Morgan fingerprint density at radius 2 is 1.79 bits per heavy atom. The smallest absolute Gasteiger partial charge is 0.223 e. The van der Waals surface area contributed by atoms with Crippen LogP contribution in [-0.2, 0) is 14.3 Å². The minimum absolute atomic E-state index is 0.0109. The summed E-state index contributed by atoms with van der Waals surface area (Å²) >= 11 is 0. The number of carbonyl (C=O) groups excluding carboxylic acids is 2. The summed E-state index contributed by atoms with van der Waals surface area (Å²) in [6.45, 7) is 11.8. The van der Waals surface area contributed by atoms with Gasteiger partial charge in [0.25, 0.3) is 0 Å². The third kappa shape index (κ3) is 10.7. The van der Waals surface area contributed by atoms with E-state index in [2.05, 4.69) is 39.9 Å². The van der Waals surface area contributed by atoms with E-state index in [9.17, 15) is 9.59 Å². The van der Waals surface area contributed by atoms with Crippen molar-refractivity contribution < 1.29 is 14.3 Å². The first-order valence-corrected chi connectivity index (χ1v) is 8.87. The standard InChI is InChI=1S/C18H37N3O3/c1-7-9-18(4,5)24-12-10-17(2,3)20-13-15(22)14-21(6)16(23)8-11-19/h20H,7-14,19H2,1-6H3. The molecule has 0 bridgehead atoms. The summed E-state index contributed by atoms with van der Waals surface area (Å²) in [5.41, 5.74) is 5.05. The first kappa shape index (κ1) is 23.0. The zero-order chi connectivity index (χ0) is 18.8. The van der Waals surface area contributed by atoms with Crippen molar-refractivity contribution in [2.24, 2.45) is 5.73 Å². The van der Waals surface area contributed by atoms with Crippen molar-refractivity contribution in [2.75, 3.05) is 33.3 Å². The van der Waals surface area contributed by atoms with Crippen LogP contribution in [-0.4, -0.2) is 61.0 Å². The van der Waals surface area contributed by atoms with Gasteiger partial charge in [-0.05, 0) is 40.5 Å². The van der Waals surface area contributed by atoms with Crippen LogP contribution in [0.15, 0.2) is 0 Å². The van der Waals surface area contributed by atoms with Gasteiger partial charge in [-0.1, -0.05) is 13.3 Å². The van der Waals surface area contributed by atoms with Crippen molar-refractivity contribution in [1.82, 2.24) is 10.2 Å². The van der Waals surface area contributed by atoms with Gasteiger partial charge in [0.15, 0.2) is 5.78 Å². The van der Waals surface area contributed by atoms with Crippen molar-refractivity contribution >= 4 is 11.7 Å². The predicted molar refractivity (Wildman–Crippen MR) is 98.0 cm³/mol. The molecule has 0 aliphatic heterocycles. The molecule has 0 saturated heterocycles. The molecular formula is C18H37N3O3. The highest BCUT2D eigenvalue weighted by molar-refractivity contribution is 5.87. The van der Waals surface area contributed by atoms with Gasteiger partial charge in [0, 0.05) is 32.2 Å². The summed E-state index contributed by atoms with van der Waals surface area (Å²) < 4.78 is 5.95. The second kappa shape index (κ2) is 10.8. The lowest BCUT2D eigenvalue weighted by Crippen LogP contribution is -2.46. The number of carbonyl (C=O) groups is 2. The summed E-state index contributed by atoms with van der Waals surface area (Å²) in [5, 5.41) is 3.26. The van der Waals surface area contributed by atoms with E-state index in [-0.39, 0.29) is 42.3 Å². The zero-order valence-corrected chi connectivity index (χ0v) is 16.4. The molecule has 0 fully saturated rings. The first-order valence-electron chi connectivity index (χ1n) is 8.87. The van der Waals surface area contributed by atoms with E-state index in [1.165, 1.54) is 4.90 Å². The Hall–Kier alpha value is -0.980. The number of Topliss-reactive ketones (excluding diaryl/α,β-unsaturated/α-hetero) is 1. The van der Waals surface area contributed by atoms with Gasteiger partial charge in [-0.2, -0.15) is 0 Å². The van der Waals surface area contributed by atoms with Crippen LogP contribution < -0.4 is 11.1 Å². The van der Waals surface area contributed by atoms with Crippen LogP contribution >= 0.6 is 0 Å². The van der Waals surface area contributed by atoms with Crippen molar-refractivity contribution in [1.29, 1.82) is 0 Å². The molecule has 0 heterocycles. The van der Waals surface area contributed by atoms with Crippen LogP contribution in [0.5, 0.6) is 0 Å². The molecule has 0 aromatic heterocycles. The van der Waals surface area contributed by atoms with Crippen LogP contribution in [0.1, 0.15) is 60.3 Å². The maximum Gasteiger partial charge on any atom is 0.223 e. The van der Waals surface area contributed by atoms with Gasteiger partial charge in [-0.15, -0.1) is 0 Å². The third-order valence-electron chi connectivity index (χ3n) is 4.03. The molecule has 0 spiro atoms. The van der Waals surface area contributed by atoms with Crippen molar-refractivity contribution in [3.8, 4) is 0 Å². The Morgan fingerprint density at radius 3 is 2.33 bits per heavy atom. The van der Waals surface area contributed by atoms with Crippen LogP contribution in [0.3, 0.4) is 0 Å². The van der Waals surface area contributed by atoms with Crippen LogP contribution in [0, 0.1) is 0 Å². The number of amides is 1. The average molecular weight is 344 g/mol. The largest absolute Gasteiger partial charge is 0.376 e. The highest BCUT2D eigenvalue weighted by Gasteiger charge is 2.22. The number of nitrogens with two attached hydrogens (primary N) is 1. The fraction of sp³-hybridized carbons (Fsp3) is 0.889. The maximum absolute atomic E-state index is 12.0. The molecule has 1 amide bonds. The summed E-state index contributed by atoms with van der Waals surface area (Å²) in [6, 6.07) is 0. The minimum atomic E-state index is -0.197. The Bertz CT molecular complexity index is 395. The Balaban J connectivity index is 4.14. The van der Waals surface area contributed by atoms with Crippen LogP contribution in [0.25, 0.3) is 0 Å². The van der Waals surface area contributed by atoms with E-state index < -0.39 is 0 Å². The minimum Gasteiger partial charge on any atom is -0.376 e. The molecule has 6 nitrogen and oxygen atoms in total. The Kier molecular flexibility index (Phi) is 10.4. The molecule has 0 rings (SSSR count). The molecule has 0 aliphatic rings. The summed E-state index contributed by atoms with van der Waals surface area (Å²) in [5.74, 6) is -0.111. The van der Waals surface area contributed by atoms with Gasteiger partial charge in [0.05, 0.1) is 18.7 Å². The van der Waals surface area contributed by atoms with Crippen LogP contribution in [0.2, 0.25) is 0 Å². The average Bonchev–Trinajstić information content (AvgIpc) is 2.45. The lowest BCUT2D eigenvalue weighted by atomic mass is 10.00. The fourth-order valence-electron chi connectivity index (χ4n) is 2.41. The molecule has 0 saturated carbocycles. The highest BCUT2D eigenvalue weighted by Crippen LogP contribution is 2.18. The molecular weight excluding hydrogens is 306 g/mol. The van der Waals surface area contributed by atoms with Gasteiger partial charge >= 0.3 is 0 Å². The molecule has 6 heteroatoms. The fourth-order valence-corrected chi connectivity index (χ4v) is 2.41. The summed E-state index contributed by atoms with van der Waals surface area (Å²) in [7, 11) is 1.63. The predicted octanol–water partition coefficient (Wildman–Crippen LogP) is 1.72. The van der Waals surface area contributed by atoms with Gasteiger partial charge in [-0.25, -0.2) is 0 Å². The summed E-state index contributed by atoms with van der Waals surface area (Å²) in [6.07, 6.45) is 3.21. The number of nitrogens with one attached hydrogen (secondary N) is 1. The van der Waals surface area contributed by atoms with Crippen molar-refractivity contribution in [3.63, 3.8) is 0 Å². The molecule has 142 valence electrons. The van der Waals surface area contributed by atoms with E-state index in [0.717, 1.165) is 19.3 Å². The van der Waals surface area contributed by atoms with Crippen molar-refractivity contribution in [2.45, 2.75) is 71.4 Å². The van der Waals surface area contributed by atoms with E-state index in [1.807, 2.05) is 0 Å². The first-order chi connectivity index (χ1) is 11.0. The number of rotatable bonds is 13. The van der Waals surface area contributed by atoms with Crippen molar-refractivity contribution in [3.05, 3.63) is 0 Å². The van der Waals surface area contributed by atoms with Crippen LogP contribution in [0.4, 0.5) is 0 Å². The second-order valence-electron chi connectivity index (χ2n) is 7.67. The van der Waals surface area contributed by atoms with Gasteiger partial charge in [0.2, 0.25) is 5.91 Å². The maximum atomic E-state index is 12.0. The van der Waals surface area contributed by atoms with E-state index in [1.54, 1.807) is 7.05 Å². The molecule has 0 atom stereocenters. The number of hydrogen-bond acceptors (Lipinski definition) is 5. The molecule has 24 heavy (non-hydrogen) atoms. The van der Waals surface area contributed by atoms with E-state index in [4.69, 9.17) is 10.5 Å². The molecule has 0 unspecified atom stereocenters. The topological polar surface area (TPSA) is 84.7 Å². The monoisotopic (exact) mass is 343 g/mol. The Labute approximate surface area is 147 Å². The van der Waals surface area contributed by atoms with Gasteiger partial charge in [0.1, 0.15) is 0 Å². The number of hydrogen-bond donors (Lipinski definition) is 2. The summed E-state index contributed by atoms with van der Waals surface area (Å²) in [4.78, 5) is 25.1. The lowest BCUT2D eigenvalue weighted by Gasteiger charge is -2.30. The van der Waals surface area contributed by atoms with Gasteiger partial charge < -0.3 is 20.7 Å². The number of likely N-dealkylation sites (N-methyl/N-ethyl adjacent to an activating group) is 1. The number of ether oxygens (including phenoxy) is 1. The normalized spacial score (nSPS) is 12.3. The van der Waals surface area contributed by atoms with Gasteiger partial charge in [-0.3, -0.25) is 9.59 Å². The number of nitrogens with zero attached hydrogens (tertiary/aromatic N) is 1. The third-order valence-corrected chi connectivity index (χ3v) is 4.03. The Morgan fingerprint density at radius 1 is 1.17 bits per heavy atom. The highest BCUT2D eigenvalue weighted by atomic mass is 16.5. The molecule has 0 aromatic rings. The zero-order valence-electron chi connectivity index (χ0n) is 16.4. The lowest BCUT2D eigenvalue weighted by molar-refractivity contribution is -0.133.